The zero-order chi connectivity index (χ0) is 12.6. The lowest BCUT2D eigenvalue weighted by Gasteiger charge is -2.05. The molecule has 1 atom stereocenters. The first kappa shape index (κ1) is 11.7. The Hall–Kier alpha value is -1.75. The number of nitrogen functional groups attached to an aromatic ring is 1. The number of aryl methyl sites for hydroxylation is 2. The lowest BCUT2D eigenvalue weighted by molar-refractivity contribution is 0.178. The summed E-state index contributed by atoms with van der Waals surface area (Å²) in [5, 5.41) is 9.29. The van der Waals surface area contributed by atoms with Crippen molar-refractivity contribution in [3.8, 4) is 0 Å². The van der Waals surface area contributed by atoms with Gasteiger partial charge in [-0.15, -0.1) is 0 Å². The highest BCUT2D eigenvalue weighted by Gasteiger charge is 2.11. The lowest BCUT2D eigenvalue weighted by atomic mass is 10.2. The summed E-state index contributed by atoms with van der Waals surface area (Å²) in [5.74, 6) is 0. The Balaban J connectivity index is 2.56. The Kier molecular flexibility index (Phi) is 2.93. The number of aliphatic hydroxyl groups is 1. The maximum absolute atomic E-state index is 12.0. The molecule has 1 aromatic heterocycles. The number of aromatic nitrogens is 2. The average Bonchev–Trinajstić information content (AvgIpc) is 2.49. The Labute approximate surface area is 99.1 Å². The van der Waals surface area contributed by atoms with Crippen molar-refractivity contribution in [1.82, 2.24) is 9.13 Å². The zero-order valence-corrected chi connectivity index (χ0v) is 10.1. The van der Waals surface area contributed by atoms with E-state index in [1.54, 1.807) is 35.2 Å². The molecule has 2 aromatic rings. The Morgan fingerprint density at radius 3 is 2.76 bits per heavy atom. The number of rotatable bonds is 3. The third-order valence-corrected chi connectivity index (χ3v) is 2.94. The first-order valence-corrected chi connectivity index (χ1v) is 5.63. The van der Waals surface area contributed by atoms with Gasteiger partial charge in [0.2, 0.25) is 0 Å². The van der Waals surface area contributed by atoms with Gasteiger partial charge in [-0.1, -0.05) is 0 Å². The molecule has 0 aliphatic carbocycles. The molecule has 92 valence electrons. The number of benzene rings is 1. The van der Waals surface area contributed by atoms with Crippen molar-refractivity contribution >= 4 is 16.7 Å². The molecular weight excluding hydrogens is 218 g/mol. The molecule has 0 bridgehead atoms. The second-order valence-corrected chi connectivity index (χ2v) is 4.38. The molecule has 2 rings (SSSR count). The van der Waals surface area contributed by atoms with Gasteiger partial charge in [0.05, 0.1) is 17.1 Å². The van der Waals surface area contributed by atoms with Crippen molar-refractivity contribution in [1.29, 1.82) is 0 Å². The summed E-state index contributed by atoms with van der Waals surface area (Å²) in [4.78, 5) is 12.0. The zero-order valence-electron chi connectivity index (χ0n) is 10.1. The van der Waals surface area contributed by atoms with Crippen molar-refractivity contribution < 1.29 is 5.11 Å². The molecule has 0 fully saturated rings. The molecule has 0 aliphatic heterocycles. The number of hydrogen-bond acceptors (Lipinski definition) is 3. The third kappa shape index (κ3) is 2.06. The van der Waals surface area contributed by atoms with Gasteiger partial charge in [-0.2, -0.15) is 0 Å². The molecule has 1 heterocycles. The van der Waals surface area contributed by atoms with E-state index in [-0.39, 0.29) is 5.69 Å². The van der Waals surface area contributed by atoms with Crippen LogP contribution in [0.25, 0.3) is 11.0 Å². The molecule has 5 nitrogen and oxygen atoms in total. The van der Waals surface area contributed by atoms with Gasteiger partial charge in [0, 0.05) is 19.3 Å². The van der Waals surface area contributed by atoms with Gasteiger partial charge in [0.25, 0.3) is 0 Å². The molecule has 3 N–H and O–H groups in total. The van der Waals surface area contributed by atoms with E-state index in [4.69, 9.17) is 5.73 Å². The summed E-state index contributed by atoms with van der Waals surface area (Å²) >= 11 is 0. The van der Waals surface area contributed by atoms with Gasteiger partial charge in [-0.3, -0.25) is 9.13 Å². The molecule has 0 amide bonds. The predicted octanol–water partition coefficient (Wildman–Crippen LogP) is 0.693. The minimum atomic E-state index is -0.418. The van der Waals surface area contributed by atoms with Crippen LogP contribution in [0.1, 0.15) is 13.3 Å². The standard InChI is InChI=1S/C12H17N3O2/c1-8(16)5-6-15-11-7-9(13)3-4-10(11)14(2)12(15)17/h3-4,7-8,16H,5-6,13H2,1-2H3/t8-/m1/s1. The highest BCUT2D eigenvalue weighted by atomic mass is 16.3. The van der Waals surface area contributed by atoms with Crippen LogP contribution in [0.4, 0.5) is 5.69 Å². The van der Waals surface area contributed by atoms with Crippen LogP contribution in [0.3, 0.4) is 0 Å². The number of anilines is 1. The fourth-order valence-electron chi connectivity index (χ4n) is 1.96. The van der Waals surface area contributed by atoms with E-state index in [1.165, 1.54) is 0 Å². The van der Waals surface area contributed by atoms with Crippen LogP contribution in [0, 0.1) is 0 Å². The molecule has 5 heteroatoms. The topological polar surface area (TPSA) is 73.2 Å². The quantitative estimate of drug-likeness (QED) is 0.769. The Morgan fingerprint density at radius 2 is 2.12 bits per heavy atom. The van der Waals surface area contributed by atoms with Crippen LogP contribution in [-0.2, 0) is 13.6 Å². The molecule has 0 spiro atoms. The maximum Gasteiger partial charge on any atom is 0.328 e. The number of fused-ring (bicyclic) bond motifs is 1. The molecule has 0 unspecified atom stereocenters. The first-order chi connectivity index (χ1) is 8.00. The number of nitrogens with zero attached hydrogens (tertiary/aromatic N) is 2. The Bertz CT molecular complexity index is 596. The smallest absolute Gasteiger partial charge is 0.328 e. The lowest BCUT2D eigenvalue weighted by Crippen LogP contribution is -2.23. The van der Waals surface area contributed by atoms with Crippen LogP contribution < -0.4 is 11.4 Å². The van der Waals surface area contributed by atoms with E-state index in [1.807, 2.05) is 6.07 Å². The summed E-state index contributed by atoms with van der Waals surface area (Å²) in [6, 6.07) is 5.41. The van der Waals surface area contributed by atoms with Crippen molar-refractivity contribution in [3.05, 3.63) is 28.7 Å². The van der Waals surface area contributed by atoms with Gasteiger partial charge < -0.3 is 10.8 Å². The number of hydrogen-bond donors (Lipinski definition) is 2. The van der Waals surface area contributed by atoms with Gasteiger partial charge in [-0.05, 0) is 31.5 Å². The van der Waals surface area contributed by atoms with Crippen LogP contribution in [0.5, 0.6) is 0 Å². The average molecular weight is 235 g/mol. The number of imidazole rings is 1. The van der Waals surface area contributed by atoms with Crippen molar-refractivity contribution in [3.63, 3.8) is 0 Å². The minimum Gasteiger partial charge on any atom is -0.399 e. The molecule has 0 radical (unpaired) electrons. The molecule has 1 aromatic carbocycles. The summed E-state index contributed by atoms with van der Waals surface area (Å²) in [5.41, 5.74) is 7.96. The fourth-order valence-corrected chi connectivity index (χ4v) is 1.96. The van der Waals surface area contributed by atoms with Crippen molar-refractivity contribution in [2.24, 2.45) is 7.05 Å². The predicted molar refractivity (Wildman–Crippen MR) is 67.9 cm³/mol. The van der Waals surface area contributed by atoms with Gasteiger partial charge in [-0.25, -0.2) is 4.79 Å². The van der Waals surface area contributed by atoms with E-state index in [0.717, 1.165) is 11.0 Å². The summed E-state index contributed by atoms with van der Waals surface area (Å²) in [6.45, 7) is 2.21. The van der Waals surface area contributed by atoms with E-state index >= 15 is 0 Å². The Morgan fingerprint density at radius 1 is 1.41 bits per heavy atom. The first-order valence-electron chi connectivity index (χ1n) is 5.63. The van der Waals surface area contributed by atoms with E-state index in [0.29, 0.717) is 18.7 Å². The van der Waals surface area contributed by atoms with E-state index in [2.05, 4.69) is 0 Å². The highest BCUT2D eigenvalue weighted by molar-refractivity contribution is 5.79. The molecule has 0 aliphatic rings. The highest BCUT2D eigenvalue weighted by Crippen LogP contribution is 2.16. The maximum atomic E-state index is 12.0. The second kappa shape index (κ2) is 4.25. The van der Waals surface area contributed by atoms with Gasteiger partial charge in [0.1, 0.15) is 0 Å². The second-order valence-electron chi connectivity index (χ2n) is 4.38. The summed E-state index contributed by atoms with van der Waals surface area (Å²) in [6.07, 6.45) is 0.131. The van der Waals surface area contributed by atoms with Crippen LogP contribution in [0.2, 0.25) is 0 Å². The third-order valence-electron chi connectivity index (χ3n) is 2.94. The monoisotopic (exact) mass is 235 g/mol. The fraction of sp³-hybridized carbons (Fsp3) is 0.417. The summed E-state index contributed by atoms with van der Waals surface area (Å²) in [7, 11) is 1.74. The molecule has 0 saturated carbocycles. The number of aliphatic hydroxyl groups excluding tert-OH is 1. The van der Waals surface area contributed by atoms with Crippen molar-refractivity contribution in [2.45, 2.75) is 26.0 Å². The largest absolute Gasteiger partial charge is 0.399 e. The molecule has 0 saturated heterocycles. The van der Waals surface area contributed by atoms with Crippen molar-refractivity contribution in [2.75, 3.05) is 5.73 Å². The van der Waals surface area contributed by atoms with Gasteiger partial charge >= 0.3 is 5.69 Å². The van der Waals surface area contributed by atoms with Crippen LogP contribution in [-0.4, -0.2) is 20.3 Å². The van der Waals surface area contributed by atoms with Crippen LogP contribution in [0.15, 0.2) is 23.0 Å². The molecule has 17 heavy (non-hydrogen) atoms. The SMILES string of the molecule is C[C@@H](O)CCn1c(=O)n(C)c2ccc(N)cc21. The van der Waals surface area contributed by atoms with E-state index < -0.39 is 6.10 Å². The van der Waals surface area contributed by atoms with E-state index in [9.17, 15) is 9.90 Å². The molecular formula is C12H17N3O2. The summed E-state index contributed by atoms with van der Waals surface area (Å²) < 4.78 is 3.25. The minimum absolute atomic E-state index is 0.0775. The van der Waals surface area contributed by atoms with Crippen LogP contribution >= 0.6 is 0 Å². The van der Waals surface area contributed by atoms with Gasteiger partial charge in [0.15, 0.2) is 0 Å². The number of nitrogens with two attached hydrogens (primary N) is 1. The normalized spacial score (nSPS) is 13.1.